The van der Waals surface area contributed by atoms with Crippen molar-refractivity contribution < 1.29 is 27.5 Å². The summed E-state index contributed by atoms with van der Waals surface area (Å²) in [4.78, 5) is 27.3. The van der Waals surface area contributed by atoms with Gasteiger partial charge in [0.1, 0.15) is 18.1 Å². The molecule has 33 heavy (non-hydrogen) atoms. The molecule has 1 heterocycles. The molecule has 3 aromatic rings. The summed E-state index contributed by atoms with van der Waals surface area (Å²) in [6.45, 7) is 0.184. The number of halogens is 3. The minimum atomic E-state index is -4.56. The number of carbonyl (C=O) groups excluding carboxylic acids is 2. The van der Waals surface area contributed by atoms with Gasteiger partial charge in [0.15, 0.2) is 0 Å². The number of amides is 2. The minimum Gasteiger partial charge on any atom is -0.489 e. The van der Waals surface area contributed by atoms with Gasteiger partial charge in [-0.1, -0.05) is 12.1 Å². The summed E-state index contributed by atoms with van der Waals surface area (Å²) < 4.78 is 44.5. The molecule has 0 spiro atoms. The summed E-state index contributed by atoms with van der Waals surface area (Å²) in [5.41, 5.74) is 11.3. The fourth-order valence-electron chi connectivity index (χ4n) is 3.03. The molecule has 2 amide bonds. The third kappa shape index (κ3) is 6.96. The molecule has 2 aromatic carbocycles. The molecule has 0 atom stereocenters. The Morgan fingerprint density at radius 2 is 1.82 bits per heavy atom. The first-order chi connectivity index (χ1) is 15.6. The molecule has 0 aliphatic heterocycles. The van der Waals surface area contributed by atoms with Crippen LogP contribution in [0, 0.1) is 0 Å². The van der Waals surface area contributed by atoms with Crippen molar-refractivity contribution in [3.05, 3.63) is 83.2 Å². The minimum absolute atomic E-state index is 0.0166. The lowest BCUT2D eigenvalue weighted by molar-refractivity contribution is -0.137. The number of nitrogen functional groups attached to an aromatic ring is 1. The standard InChI is InChI=1S/C23H21F3N4O3/c24-23(25,26)16-10-17(27)12-18(11-16)30-21(31)5-4-14-2-1-3-19(8-14)33-13-15-6-7-29-20(9-15)22(28)32/h1-3,6-12H,4-5,13,27H2,(H2,28,32)(H,30,31). The van der Waals surface area contributed by atoms with Gasteiger partial charge in [-0.15, -0.1) is 0 Å². The molecule has 5 N–H and O–H groups in total. The first kappa shape index (κ1) is 23.6. The van der Waals surface area contributed by atoms with Crippen LogP contribution in [0.2, 0.25) is 0 Å². The molecule has 0 saturated heterocycles. The second kappa shape index (κ2) is 10.0. The zero-order chi connectivity index (χ0) is 24.0. The van der Waals surface area contributed by atoms with Gasteiger partial charge in [0.2, 0.25) is 5.91 Å². The van der Waals surface area contributed by atoms with Crippen LogP contribution in [0.25, 0.3) is 0 Å². The van der Waals surface area contributed by atoms with E-state index in [1.54, 1.807) is 30.3 Å². The second-order valence-electron chi connectivity index (χ2n) is 7.24. The molecule has 10 heteroatoms. The molecule has 172 valence electrons. The molecule has 0 saturated carbocycles. The number of rotatable bonds is 8. The molecule has 7 nitrogen and oxygen atoms in total. The monoisotopic (exact) mass is 458 g/mol. The van der Waals surface area contributed by atoms with E-state index < -0.39 is 23.6 Å². The van der Waals surface area contributed by atoms with E-state index in [0.717, 1.165) is 17.7 Å². The van der Waals surface area contributed by atoms with E-state index in [-0.39, 0.29) is 30.1 Å². The van der Waals surface area contributed by atoms with E-state index in [1.807, 2.05) is 0 Å². The Kier molecular flexibility index (Phi) is 7.17. The van der Waals surface area contributed by atoms with Gasteiger partial charge >= 0.3 is 6.18 Å². The van der Waals surface area contributed by atoms with Gasteiger partial charge in [-0.2, -0.15) is 13.2 Å². The van der Waals surface area contributed by atoms with Crippen LogP contribution in [0.5, 0.6) is 5.75 Å². The van der Waals surface area contributed by atoms with Crippen LogP contribution < -0.4 is 21.5 Å². The van der Waals surface area contributed by atoms with E-state index in [2.05, 4.69) is 10.3 Å². The van der Waals surface area contributed by atoms with Crippen molar-refractivity contribution in [2.75, 3.05) is 11.1 Å². The largest absolute Gasteiger partial charge is 0.489 e. The number of aromatic nitrogens is 1. The maximum absolute atomic E-state index is 12.9. The predicted octanol–water partition coefficient (Wildman–Crippen LogP) is 3.93. The lowest BCUT2D eigenvalue weighted by Gasteiger charge is -2.12. The fourth-order valence-corrected chi connectivity index (χ4v) is 3.03. The van der Waals surface area contributed by atoms with Crippen LogP contribution in [-0.4, -0.2) is 16.8 Å². The Morgan fingerprint density at radius 1 is 1.03 bits per heavy atom. The number of hydrogen-bond donors (Lipinski definition) is 3. The number of carbonyl (C=O) groups is 2. The first-order valence-corrected chi connectivity index (χ1v) is 9.84. The van der Waals surface area contributed by atoms with Crippen molar-refractivity contribution in [2.45, 2.75) is 25.6 Å². The Labute approximate surface area is 187 Å². The van der Waals surface area contributed by atoms with Crippen LogP contribution in [0.3, 0.4) is 0 Å². The lowest BCUT2D eigenvalue weighted by atomic mass is 10.1. The maximum Gasteiger partial charge on any atom is 0.416 e. The summed E-state index contributed by atoms with van der Waals surface area (Å²) >= 11 is 0. The van der Waals surface area contributed by atoms with E-state index in [4.69, 9.17) is 16.2 Å². The Morgan fingerprint density at radius 3 is 2.55 bits per heavy atom. The smallest absolute Gasteiger partial charge is 0.416 e. The summed E-state index contributed by atoms with van der Waals surface area (Å²) in [6, 6.07) is 13.2. The highest BCUT2D eigenvalue weighted by Gasteiger charge is 2.31. The van der Waals surface area contributed by atoms with Crippen molar-refractivity contribution in [2.24, 2.45) is 5.73 Å². The van der Waals surface area contributed by atoms with E-state index in [0.29, 0.717) is 17.7 Å². The van der Waals surface area contributed by atoms with Crippen molar-refractivity contribution in [3.8, 4) is 5.75 Å². The second-order valence-corrected chi connectivity index (χ2v) is 7.24. The average Bonchev–Trinajstić information content (AvgIpc) is 2.76. The number of anilines is 2. The molecule has 0 fully saturated rings. The highest BCUT2D eigenvalue weighted by molar-refractivity contribution is 5.91. The molecular weight excluding hydrogens is 437 g/mol. The quantitative estimate of drug-likeness (QED) is 0.442. The van der Waals surface area contributed by atoms with Gasteiger partial charge in [0.25, 0.3) is 5.91 Å². The van der Waals surface area contributed by atoms with E-state index >= 15 is 0 Å². The van der Waals surface area contributed by atoms with Gasteiger partial charge in [-0.25, -0.2) is 0 Å². The van der Waals surface area contributed by atoms with Gasteiger partial charge in [-0.3, -0.25) is 14.6 Å². The van der Waals surface area contributed by atoms with Gasteiger partial charge < -0.3 is 21.5 Å². The predicted molar refractivity (Wildman–Crippen MR) is 116 cm³/mol. The molecule has 0 unspecified atom stereocenters. The van der Waals surface area contributed by atoms with Crippen LogP contribution >= 0.6 is 0 Å². The topological polar surface area (TPSA) is 120 Å². The van der Waals surface area contributed by atoms with Crippen molar-refractivity contribution in [3.63, 3.8) is 0 Å². The molecule has 0 radical (unpaired) electrons. The number of hydrogen-bond acceptors (Lipinski definition) is 5. The molecule has 0 aliphatic carbocycles. The summed E-state index contributed by atoms with van der Waals surface area (Å²) in [5, 5.41) is 2.45. The van der Waals surface area contributed by atoms with Crippen molar-refractivity contribution in [1.82, 2.24) is 4.98 Å². The Hall–Kier alpha value is -4.08. The Balaban J connectivity index is 1.56. The normalized spacial score (nSPS) is 11.1. The molecule has 1 aromatic heterocycles. The van der Waals surface area contributed by atoms with Crippen LogP contribution in [-0.2, 0) is 24.0 Å². The molecule has 3 rings (SSSR count). The Bertz CT molecular complexity index is 1170. The van der Waals surface area contributed by atoms with Crippen LogP contribution in [0.1, 0.15) is 33.6 Å². The fraction of sp³-hybridized carbons (Fsp3) is 0.174. The zero-order valence-corrected chi connectivity index (χ0v) is 17.4. The van der Waals surface area contributed by atoms with E-state index in [1.165, 1.54) is 18.3 Å². The first-order valence-electron chi connectivity index (χ1n) is 9.84. The number of primary amides is 1. The van der Waals surface area contributed by atoms with Crippen LogP contribution in [0.15, 0.2) is 60.8 Å². The van der Waals surface area contributed by atoms with Gasteiger partial charge in [-0.05, 0) is 60.0 Å². The van der Waals surface area contributed by atoms with Gasteiger partial charge in [0.05, 0.1) is 5.56 Å². The molecule has 0 aliphatic rings. The van der Waals surface area contributed by atoms with E-state index in [9.17, 15) is 22.8 Å². The number of pyridine rings is 1. The zero-order valence-electron chi connectivity index (χ0n) is 17.4. The molecule has 0 bridgehead atoms. The summed E-state index contributed by atoms with van der Waals surface area (Å²) in [5.74, 6) is -0.531. The number of nitrogens with zero attached hydrogens (tertiary/aromatic N) is 1. The number of aryl methyl sites for hydroxylation is 1. The van der Waals surface area contributed by atoms with Crippen molar-refractivity contribution >= 4 is 23.2 Å². The lowest BCUT2D eigenvalue weighted by Crippen LogP contribution is -2.14. The number of ether oxygens (including phenoxy) is 1. The summed E-state index contributed by atoms with van der Waals surface area (Å²) in [7, 11) is 0. The highest BCUT2D eigenvalue weighted by atomic mass is 19.4. The van der Waals surface area contributed by atoms with Crippen LogP contribution in [0.4, 0.5) is 24.5 Å². The number of benzene rings is 2. The van der Waals surface area contributed by atoms with Gasteiger partial charge in [0, 0.05) is 24.0 Å². The molecular formula is C23H21F3N4O3. The average molecular weight is 458 g/mol. The third-order valence-corrected chi connectivity index (χ3v) is 4.59. The number of alkyl halides is 3. The summed E-state index contributed by atoms with van der Waals surface area (Å²) in [6.07, 6.45) is -2.71. The number of nitrogens with two attached hydrogens (primary N) is 2. The van der Waals surface area contributed by atoms with Crippen molar-refractivity contribution in [1.29, 1.82) is 0 Å². The maximum atomic E-state index is 12.9. The third-order valence-electron chi connectivity index (χ3n) is 4.59. The highest BCUT2D eigenvalue weighted by Crippen LogP contribution is 2.32. The SMILES string of the molecule is NC(=O)c1cc(COc2cccc(CCC(=O)Nc3cc(N)cc(C(F)(F)F)c3)c2)ccn1. The number of nitrogens with one attached hydrogen (secondary N) is 1.